The van der Waals surface area contributed by atoms with Crippen molar-refractivity contribution in [2.75, 3.05) is 31.1 Å². The summed E-state index contributed by atoms with van der Waals surface area (Å²) in [4.78, 5) is 23.9. The van der Waals surface area contributed by atoms with Gasteiger partial charge in [-0.25, -0.2) is 4.98 Å². The van der Waals surface area contributed by atoms with E-state index >= 15 is 0 Å². The minimum absolute atomic E-state index is 0.0963. The van der Waals surface area contributed by atoms with Crippen LogP contribution >= 0.6 is 22.7 Å². The summed E-state index contributed by atoms with van der Waals surface area (Å²) >= 11 is 3.19. The highest BCUT2D eigenvalue weighted by atomic mass is 32.1. The van der Waals surface area contributed by atoms with Crippen LogP contribution in [-0.2, 0) is 0 Å². The molecule has 0 unspecified atom stereocenters. The van der Waals surface area contributed by atoms with Crippen LogP contribution in [0.3, 0.4) is 0 Å². The lowest BCUT2D eigenvalue weighted by Crippen LogP contribution is -2.34. The molecule has 1 fully saturated rings. The molecule has 0 atom stereocenters. The number of aromatic nitrogens is 1. The second-order valence-corrected chi connectivity index (χ2v) is 9.56. The first-order valence-corrected chi connectivity index (χ1v) is 11.8. The van der Waals surface area contributed by atoms with E-state index in [1.165, 1.54) is 11.3 Å². The Bertz CT molecular complexity index is 1240. The second-order valence-electron chi connectivity index (χ2n) is 7.44. The minimum Gasteiger partial charge on any atom is -0.370 e. The first kappa shape index (κ1) is 19.7. The average molecular weight is 445 g/mol. The Morgan fingerprint density at radius 3 is 2.58 bits per heavy atom. The smallest absolute Gasteiger partial charge is 0.264 e. The van der Waals surface area contributed by atoms with Crippen molar-refractivity contribution < 1.29 is 4.79 Å². The molecule has 0 radical (unpaired) electrons. The van der Waals surface area contributed by atoms with Gasteiger partial charge in [0.1, 0.15) is 5.01 Å². The Morgan fingerprint density at radius 1 is 0.935 bits per heavy atom. The zero-order valence-corrected chi connectivity index (χ0v) is 18.5. The van der Waals surface area contributed by atoms with Crippen LogP contribution in [0.4, 0.5) is 5.69 Å². The van der Waals surface area contributed by atoms with Crippen LogP contribution in [-0.4, -0.2) is 42.0 Å². The number of rotatable bonds is 3. The first-order chi connectivity index (χ1) is 15.2. The molecule has 1 saturated heterocycles. The number of para-hydroxylation sites is 1. The van der Waals surface area contributed by atoms with E-state index in [1.54, 1.807) is 11.3 Å². The van der Waals surface area contributed by atoms with Crippen LogP contribution in [0.2, 0.25) is 0 Å². The number of hydrogen-bond acceptors (Lipinski definition) is 6. The number of anilines is 1. The van der Waals surface area contributed by atoms with Crippen molar-refractivity contribution in [1.29, 1.82) is 5.26 Å². The number of nitrogens with zero attached hydrogens (tertiary/aromatic N) is 4. The average Bonchev–Trinajstić information content (AvgIpc) is 3.40. The maximum atomic E-state index is 13.2. The zero-order chi connectivity index (χ0) is 21.2. The predicted octanol–water partition coefficient (Wildman–Crippen LogP) is 5.25. The van der Waals surface area contributed by atoms with Crippen LogP contribution in [0.1, 0.15) is 21.7 Å². The molecule has 3 heterocycles. The number of thiophene rings is 1. The summed E-state index contributed by atoms with van der Waals surface area (Å²) in [6.07, 6.45) is 0.918. The van der Waals surface area contributed by atoms with Crippen LogP contribution in [0.25, 0.3) is 20.1 Å². The zero-order valence-electron chi connectivity index (χ0n) is 16.8. The highest BCUT2D eigenvalue weighted by molar-refractivity contribution is 7.26. The number of carbonyl (C=O) groups is 1. The Labute approximate surface area is 188 Å². The fourth-order valence-corrected chi connectivity index (χ4v) is 5.82. The third-order valence-corrected chi connectivity index (χ3v) is 7.74. The molecule has 0 saturated carbocycles. The monoisotopic (exact) mass is 444 g/mol. The molecular weight excluding hydrogens is 424 g/mol. The minimum atomic E-state index is 0.0963. The highest BCUT2D eigenvalue weighted by Crippen LogP contribution is 2.35. The number of benzene rings is 2. The quantitative estimate of drug-likeness (QED) is 0.433. The number of hydrogen-bond donors (Lipinski definition) is 0. The van der Waals surface area contributed by atoms with E-state index in [4.69, 9.17) is 10.2 Å². The van der Waals surface area contributed by atoms with Gasteiger partial charge in [-0.1, -0.05) is 12.1 Å². The predicted molar refractivity (Wildman–Crippen MR) is 127 cm³/mol. The lowest BCUT2D eigenvalue weighted by atomic mass is 10.2. The Balaban J connectivity index is 1.28. The van der Waals surface area contributed by atoms with Gasteiger partial charge in [-0.05, 0) is 55.0 Å². The van der Waals surface area contributed by atoms with E-state index in [-0.39, 0.29) is 5.91 Å². The summed E-state index contributed by atoms with van der Waals surface area (Å²) < 4.78 is 1.16. The Hall–Kier alpha value is -3.21. The van der Waals surface area contributed by atoms with Gasteiger partial charge >= 0.3 is 0 Å². The van der Waals surface area contributed by atoms with Crippen molar-refractivity contribution in [2.24, 2.45) is 0 Å². The third-order valence-electron chi connectivity index (χ3n) is 5.47. The van der Waals surface area contributed by atoms with Crippen LogP contribution in [0.5, 0.6) is 0 Å². The molecule has 7 heteroatoms. The van der Waals surface area contributed by atoms with Crippen LogP contribution < -0.4 is 4.90 Å². The van der Waals surface area contributed by atoms with Crippen molar-refractivity contribution in [3.05, 3.63) is 71.1 Å². The summed E-state index contributed by atoms with van der Waals surface area (Å²) in [7, 11) is 0. The maximum Gasteiger partial charge on any atom is 0.264 e. The molecule has 4 aromatic rings. The summed E-state index contributed by atoms with van der Waals surface area (Å²) in [6.45, 7) is 3.12. The van der Waals surface area contributed by atoms with E-state index in [9.17, 15) is 4.79 Å². The molecule has 5 nitrogen and oxygen atoms in total. The van der Waals surface area contributed by atoms with Crippen molar-refractivity contribution in [1.82, 2.24) is 9.88 Å². The van der Waals surface area contributed by atoms with E-state index in [0.717, 1.165) is 56.7 Å². The fraction of sp³-hybridized carbons (Fsp3) is 0.208. The molecule has 154 valence electrons. The van der Waals surface area contributed by atoms with Gasteiger partial charge in [0.25, 0.3) is 5.91 Å². The largest absolute Gasteiger partial charge is 0.370 e. The van der Waals surface area contributed by atoms with E-state index < -0.39 is 0 Å². The second kappa shape index (κ2) is 8.50. The molecule has 2 aromatic carbocycles. The lowest BCUT2D eigenvalue weighted by Gasteiger charge is -2.23. The summed E-state index contributed by atoms with van der Waals surface area (Å²) in [5, 5.41) is 9.95. The molecule has 5 rings (SSSR count). The van der Waals surface area contributed by atoms with E-state index in [0.29, 0.717) is 12.1 Å². The first-order valence-electron chi connectivity index (χ1n) is 10.2. The van der Waals surface area contributed by atoms with Crippen molar-refractivity contribution in [3.63, 3.8) is 0 Å². The molecule has 1 aliphatic rings. The number of nitriles is 1. The van der Waals surface area contributed by atoms with E-state index in [2.05, 4.69) is 17.0 Å². The van der Waals surface area contributed by atoms with E-state index in [1.807, 2.05) is 59.5 Å². The van der Waals surface area contributed by atoms with Crippen molar-refractivity contribution in [2.45, 2.75) is 6.42 Å². The number of carbonyl (C=O) groups excluding carboxylic acids is 1. The molecule has 0 N–H and O–H groups in total. The Kier molecular flexibility index (Phi) is 5.41. The van der Waals surface area contributed by atoms with Crippen LogP contribution in [0.15, 0.2) is 60.7 Å². The van der Waals surface area contributed by atoms with Gasteiger partial charge in [0.2, 0.25) is 0 Å². The number of fused-ring (bicyclic) bond motifs is 1. The lowest BCUT2D eigenvalue weighted by molar-refractivity contribution is 0.0772. The van der Waals surface area contributed by atoms with Gasteiger partial charge in [-0.2, -0.15) is 5.26 Å². The van der Waals surface area contributed by atoms with Gasteiger partial charge in [0.15, 0.2) is 0 Å². The summed E-state index contributed by atoms with van der Waals surface area (Å²) in [6, 6.07) is 21.9. The molecular formula is C24H20N4OS2. The molecule has 1 aliphatic heterocycles. The maximum absolute atomic E-state index is 13.2. The van der Waals surface area contributed by atoms with Crippen molar-refractivity contribution >= 4 is 44.5 Å². The van der Waals surface area contributed by atoms with Crippen LogP contribution in [0, 0.1) is 11.3 Å². The summed E-state index contributed by atoms with van der Waals surface area (Å²) in [5.41, 5.74) is 2.76. The molecule has 1 amide bonds. The van der Waals surface area contributed by atoms with Crippen molar-refractivity contribution in [3.8, 4) is 16.0 Å². The van der Waals surface area contributed by atoms with Gasteiger partial charge < -0.3 is 9.80 Å². The molecule has 0 spiro atoms. The third kappa shape index (κ3) is 4.05. The summed E-state index contributed by atoms with van der Waals surface area (Å²) in [5.74, 6) is 0.0963. The standard InChI is InChI=1S/C24H20N4OS2/c25-16-17-6-8-18(9-7-17)27-12-3-13-28(15-14-27)24(29)22-11-10-21(30-22)23-26-19-4-1-2-5-20(19)31-23/h1-2,4-11H,3,12-15H2. The molecule has 2 aromatic heterocycles. The SMILES string of the molecule is N#Cc1ccc(N2CCCN(C(=O)c3ccc(-c4nc5ccccc5s4)s3)CC2)cc1. The molecule has 31 heavy (non-hydrogen) atoms. The van der Waals surface area contributed by atoms with Gasteiger partial charge in [-0.3, -0.25) is 4.79 Å². The number of thiazole rings is 1. The molecule has 0 aliphatic carbocycles. The van der Waals surface area contributed by atoms with Gasteiger partial charge in [-0.15, -0.1) is 22.7 Å². The molecule has 0 bridgehead atoms. The normalized spacial score (nSPS) is 14.4. The number of amides is 1. The fourth-order valence-electron chi connectivity index (χ4n) is 3.83. The van der Waals surface area contributed by atoms with Gasteiger partial charge in [0.05, 0.1) is 31.6 Å². The highest BCUT2D eigenvalue weighted by Gasteiger charge is 2.22. The van der Waals surface area contributed by atoms with Gasteiger partial charge in [0, 0.05) is 31.9 Å². The topological polar surface area (TPSA) is 60.2 Å². The Morgan fingerprint density at radius 2 is 1.77 bits per heavy atom.